The number of halogens is 2. The Bertz CT molecular complexity index is 478. The molecule has 1 aromatic rings. The molecule has 0 radical (unpaired) electrons. The fourth-order valence-electron chi connectivity index (χ4n) is 1.67. The minimum atomic E-state index is -1.50. The molecule has 0 aliphatic carbocycles. The van der Waals surface area contributed by atoms with Gasteiger partial charge in [0.15, 0.2) is 11.6 Å². The number of hydrogen-bond donors (Lipinski definition) is 2. The van der Waals surface area contributed by atoms with Gasteiger partial charge in [-0.3, -0.25) is 0 Å². The van der Waals surface area contributed by atoms with E-state index in [1.165, 1.54) is 6.07 Å². The zero-order valence-corrected chi connectivity index (χ0v) is 11.7. The minimum absolute atomic E-state index is 0.0640. The summed E-state index contributed by atoms with van der Waals surface area (Å²) in [5.41, 5.74) is -0.746. The highest BCUT2D eigenvalue weighted by Crippen LogP contribution is 2.22. The van der Waals surface area contributed by atoms with Crippen LogP contribution in [0.4, 0.5) is 14.5 Å². The van der Waals surface area contributed by atoms with Crippen molar-refractivity contribution in [3.63, 3.8) is 0 Å². The van der Waals surface area contributed by atoms with Crippen molar-refractivity contribution in [3.8, 4) is 0 Å². The van der Waals surface area contributed by atoms with Gasteiger partial charge in [0.25, 0.3) is 0 Å². The van der Waals surface area contributed by atoms with Crippen LogP contribution in [0.2, 0.25) is 0 Å². The maximum absolute atomic E-state index is 13.8. The fourth-order valence-corrected chi connectivity index (χ4v) is 1.67. The van der Waals surface area contributed by atoms with Crippen molar-refractivity contribution in [1.29, 1.82) is 0 Å². The first kappa shape index (κ1) is 16.4. The molecule has 0 saturated carbocycles. The molecule has 20 heavy (non-hydrogen) atoms. The summed E-state index contributed by atoms with van der Waals surface area (Å²) < 4.78 is 32.7. The molecule has 1 atom stereocenters. The van der Waals surface area contributed by atoms with Gasteiger partial charge in [0.2, 0.25) is 0 Å². The van der Waals surface area contributed by atoms with Gasteiger partial charge < -0.3 is 15.2 Å². The van der Waals surface area contributed by atoms with Crippen LogP contribution in [0.25, 0.3) is 0 Å². The monoisotopic (exact) mass is 287 g/mol. The normalized spacial score (nSPS) is 12.5. The van der Waals surface area contributed by atoms with Crippen molar-refractivity contribution in [2.45, 2.75) is 26.8 Å². The van der Waals surface area contributed by atoms with Gasteiger partial charge in [0.1, 0.15) is 0 Å². The molecule has 1 aromatic carbocycles. The lowest BCUT2D eigenvalue weighted by molar-refractivity contribution is 0.0690. The van der Waals surface area contributed by atoms with E-state index in [0.29, 0.717) is 13.2 Å². The Morgan fingerprint density at radius 3 is 2.50 bits per heavy atom. The molecule has 1 rings (SSSR count). The maximum Gasteiger partial charge on any atom is 0.338 e. The first-order valence-corrected chi connectivity index (χ1v) is 6.44. The molecule has 1 unspecified atom stereocenters. The molecular formula is C14H19F2NO3. The SMILES string of the molecule is CCOCC(Nc1ccc(C(=O)O)c(F)c1F)C(C)C. The lowest BCUT2D eigenvalue weighted by atomic mass is 10.0. The molecule has 0 bridgehead atoms. The molecule has 0 aliphatic heterocycles. The van der Waals surface area contributed by atoms with E-state index in [-0.39, 0.29) is 17.6 Å². The van der Waals surface area contributed by atoms with Gasteiger partial charge in [0.05, 0.1) is 23.9 Å². The van der Waals surface area contributed by atoms with Gasteiger partial charge in [0, 0.05) is 6.61 Å². The average molecular weight is 287 g/mol. The molecular weight excluding hydrogens is 268 g/mol. The Morgan fingerprint density at radius 1 is 1.35 bits per heavy atom. The summed E-state index contributed by atoms with van der Waals surface area (Å²) in [4.78, 5) is 10.7. The molecule has 0 fully saturated rings. The summed E-state index contributed by atoms with van der Waals surface area (Å²) in [6.07, 6.45) is 0. The molecule has 0 heterocycles. The molecule has 6 heteroatoms. The van der Waals surface area contributed by atoms with E-state index in [0.717, 1.165) is 6.07 Å². The van der Waals surface area contributed by atoms with E-state index in [4.69, 9.17) is 9.84 Å². The number of carboxylic acids is 1. The highest BCUT2D eigenvalue weighted by molar-refractivity contribution is 5.88. The molecule has 0 amide bonds. The molecule has 0 spiro atoms. The van der Waals surface area contributed by atoms with Crippen LogP contribution >= 0.6 is 0 Å². The number of anilines is 1. The summed E-state index contributed by atoms with van der Waals surface area (Å²) in [7, 11) is 0. The number of nitrogens with one attached hydrogen (secondary N) is 1. The average Bonchev–Trinajstić information content (AvgIpc) is 2.38. The largest absolute Gasteiger partial charge is 0.478 e. The van der Waals surface area contributed by atoms with Crippen molar-refractivity contribution in [1.82, 2.24) is 0 Å². The maximum atomic E-state index is 13.8. The van der Waals surface area contributed by atoms with Crippen LogP contribution in [0.3, 0.4) is 0 Å². The van der Waals surface area contributed by atoms with Gasteiger partial charge in [-0.15, -0.1) is 0 Å². The van der Waals surface area contributed by atoms with Crippen molar-refractivity contribution < 1.29 is 23.4 Å². The van der Waals surface area contributed by atoms with E-state index in [1.807, 2.05) is 20.8 Å². The highest BCUT2D eigenvalue weighted by atomic mass is 19.2. The Kier molecular flexibility index (Phi) is 5.88. The molecule has 112 valence electrons. The lowest BCUT2D eigenvalue weighted by Crippen LogP contribution is -2.31. The summed E-state index contributed by atoms with van der Waals surface area (Å²) in [5.74, 6) is -3.90. The fraction of sp³-hybridized carbons (Fsp3) is 0.500. The van der Waals surface area contributed by atoms with Crippen molar-refractivity contribution in [2.24, 2.45) is 5.92 Å². The van der Waals surface area contributed by atoms with E-state index in [9.17, 15) is 13.6 Å². The summed E-state index contributed by atoms with van der Waals surface area (Å²) in [5, 5.41) is 11.6. The number of aromatic carboxylic acids is 1. The zero-order valence-electron chi connectivity index (χ0n) is 11.7. The third-order valence-corrected chi connectivity index (χ3v) is 2.96. The second-order valence-corrected chi connectivity index (χ2v) is 4.75. The molecule has 4 nitrogen and oxygen atoms in total. The third kappa shape index (κ3) is 3.90. The van der Waals surface area contributed by atoms with Crippen LogP contribution in [-0.2, 0) is 4.74 Å². The summed E-state index contributed by atoms with van der Waals surface area (Å²) >= 11 is 0. The Labute approximate surface area is 116 Å². The minimum Gasteiger partial charge on any atom is -0.478 e. The van der Waals surface area contributed by atoms with Crippen LogP contribution in [0, 0.1) is 17.6 Å². The summed E-state index contributed by atoms with van der Waals surface area (Å²) in [6.45, 7) is 6.59. The molecule has 2 N–H and O–H groups in total. The van der Waals surface area contributed by atoms with Crippen LogP contribution in [0.5, 0.6) is 0 Å². The standard InChI is InChI=1S/C14H19F2NO3/c1-4-20-7-11(8(2)3)17-10-6-5-9(14(18)19)12(15)13(10)16/h5-6,8,11,17H,4,7H2,1-3H3,(H,18,19). The number of rotatable bonds is 7. The van der Waals surface area contributed by atoms with Gasteiger partial charge in [-0.25, -0.2) is 13.6 Å². The van der Waals surface area contributed by atoms with Crippen LogP contribution in [0.15, 0.2) is 12.1 Å². The lowest BCUT2D eigenvalue weighted by Gasteiger charge is -2.23. The molecule has 0 saturated heterocycles. The van der Waals surface area contributed by atoms with Crippen LogP contribution in [-0.4, -0.2) is 30.3 Å². The summed E-state index contributed by atoms with van der Waals surface area (Å²) in [6, 6.07) is 2.07. The highest BCUT2D eigenvalue weighted by Gasteiger charge is 2.21. The Morgan fingerprint density at radius 2 is 2.00 bits per heavy atom. The van der Waals surface area contributed by atoms with Crippen molar-refractivity contribution in [2.75, 3.05) is 18.5 Å². The molecule has 0 aliphatic rings. The first-order valence-electron chi connectivity index (χ1n) is 6.44. The van der Waals surface area contributed by atoms with E-state index in [1.54, 1.807) is 0 Å². The van der Waals surface area contributed by atoms with Gasteiger partial charge in [-0.05, 0) is 25.0 Å². The van der Waals surface area contributed by atoms with Gasteiger partial charge in [-0.1, -0.05) is 13.8 Å². The van der Waals surface area contributed by atoms with Crippen LogP contribution in [0.1, 0.15) is 31.1 Å². The quantitative estimate of drug-likeness (QED) is 0.809. The Hall–Kier alpha value is -1.69. The van der Waals surface area contributed by atoms with Gasteiger partial charge >= 0.3 is 5.97 Å². The number of ether oxygens (including phenoxy) is 1. The third-order valence-electron chi connectivity index (χ3n) is 2.96. The van der Waals surface area contributed by atoms with Crippen LogP contribution < -0.4 is 5.32 Å². The van der Waals surface area contributed by atoms with E-state index in [2.05, 4.69) is 5.32 Å². The predicted octanol–water partition coefficient (Wildman–Crippen LogP) is 3.14. The number of benzene rings is 1. The Balaban J connectivity index is 2.96. The second kappa shape index (κ2) is 7.19. The number of carbonyl (C=O) groups is 1. The number of carboxylic acid groups (broad SMARTS) is 1. The predicted molar refractivity (Wildman–Crippen MR) is 72.1 cm³/mol. The zero-order chi connectivity index (χ0) is 15.3. The molecule has 0 aromatic heterocycles. The topological polar surface area (TPSA) is 58.6 Å². The van der Waals surface area contributed by atoms with E-state index >= 15 is 0 Å². The second-order valence-electron chi connectivity index (χ2n) is 4.75. The number of hydrogen-bond acceptors (Lipinski definition) is 3. The first-order chi connectivity index (χ1) is 9.38. The van der Waals surface area contributed by atoms with Crippen molar-refractivity contribution in [3.05, 3.63) is 29.3 Å². The van der Waals surface area contributed by atoms with Gasteiger partial charge in [-0.2, -0.15) is 0 Å². The smallest absolute Gasteiger partial charge is 0.338 e. The van der Waals surface area contributed by atoms with E-state index < -0.39 is 23.2 Å². The van der Waals surface area contributed by atoms with Crippen molar-refractivity contribution >= 4 is 11.7 Å².